The fourth-order valence-corrected chi connectivity index (χ4v) is 6.37. The number of anilines is 1. The number of ether oxygens (including phenoxy) is 1. The molecule has 242 valence electrons. The van der Waals surface area contributed by atoms with Crippen LogP contribution in [0.5, 0.6) is 0 Å². The van der Waals surface area contributed by atoms with E-state index in [1.165, 1.54) is 12.0 Å². The van der Waals surface area contributed by atoms with Gasteiger partial charge >= 0.3 is 5.97 Å². The zero-order valence-electron chi connectivity index (χ0n) is 27.8. The molecule has 0 saturated carbocycles. The van der Waals surface area contributed by atoms with Crippen molar-refractivity contribution in [2.24, 2.45) is 0 Å². The molecule has 0 aromatic heterocycles. The molecule has 46 heavy (non-hydrogen) atoms. The van der Waals surface area contributed by atoms with Crippen LogP contribution in [0.15, 0.2) is 89.7 Å². The summed E-state index contributed by atoms with van der Waals surface area (Å²) in [5.41, 5.74) is 5.62. The summed E-state index contributed by atoms with van der Waals surface area (Å²) >= 11 is 0. The van der Waals surface area contributed by atoms with Gasteiger partial charge in [0.2, 0.25) is 0 Å². The molecule has 1 unspecified atom stereocenters. The minimum absolute atomic E-state index is 0.206. The second kappa shape index (κ2) is 15.4. The predicted molar refractivity (Wildman–Crippen MR) is 183 cm³/mol. The molecule has 0 amide bonds. The third-order valence-electron chi connectivity index (χ3n) is 9.30. The van der Waals surface area contributed by atoms with E-state index in [1.54, 1.807) is 0 Å². The molecule has 1 fully saturated rings. The number of rotatable bonds is 13. The molecule has 0 spiro atoms. The van der Waals surface area contributed by atoms with Gasteiger partial charge in [-0.25, -0.2) is 9.37 Å². The van der Waals surface area contributed by atoms with Crippen molar-refractivity contribution < 1.29 is 24.0 Å². The highest BCUT2D eigenvalue weighted by atomic mass is 16.5. The van der Waals surface area contributed by atoms with E-state index >= 15 is 0 Å². The number of unbranched alkanes of at least 4 members (excludes halogenated alkanes) is 2. The molecule has 0 N–H and O–H groups in total. The summed E-state index contributed by atoms with van der Waals surface area (Å²) in [4.78, 5) is 30.5. The van der Waals surface area contributed by atoms with Crippen LogP contribution in [-0.4, -0.2) is 73.8 Å². The van der Waals surface area contributed by atoms with Gasteiger partial charge in [0.1, 0.15) is 13.7 Å². The van der Waals surface area contributed by atoms with E-state index in [2.05, 4.69) is 30.7 Å². The lowest BCUT2D eigenvalue weighted by atomic mass is 9.80. The smallest absolute Gasteiger partial charge is 0.338 e. The fourth-order valence-electron chi connectivity index (χ4n) is 6.37. The highest BCUT2D eigenvalue weighted by molar-refractivity contribution is 6.39. The Bertz CT molecular complexity index is 1550. The van der Waals surface area contributed by atoms with Gasteiger partial charge in [-0.2, -0.15) is 0 Å². The Kier molecular flexibility index (Phi) is 11.1. The number of nitrogens with zero attached hydrogens (tertiary/aromatic N) is 3. The molecule has 3 aliphatic rings. The standard InChI is InChI=1S/C39H47N3O4/c1-5-7-24-42(25-8-6-2)33-21-17-30(18-22-33)36-37(43)35(38(36)44)29-15-19-32(20-16-29)40(3)26-27-46-39(45)31-13-11-28(12-14-31)34-10-9-23-41(34)4/h11-22,34H,5-10,23-27H2,1-4H3. The number of hydrogen-bond acceptors (Lipinski definition) is 6. The summed E-state index contributed by atoms with van der Waals surface area (Å²) < 4.78 is 7.52. The molecule has 1 saturated heterocycles. The number of allylic oxidation sites excluding steroid dienone is 7. The van der Waals surface area contributed by atoms with Crippen molar-refractivity contribution in [1.82, 2.24) is 4.90 Å². The van der Waals surface area contributed by atoms with Crippen molar-refractivity contribution in [3.63, 3.8) is 0 Å². The summed E-state index contributed by atoms with van der Waals surface area (Å²) in [7, 11) is 4.06. The van der Waals surface area contributed by atoms with Gasteiger partial charge in [-0.1, -0.05) is 56.7 Å². The summed E-state index contributed by atoms with van der Waals surface area (Å²) in [5, 5.41) is 13.1. The van der Waals surface area contributed by atoms with Gasteiger partial charge in [-0.15, -0.1) is 0 Å². The maximum Gasteiger partial charge on any atom is 0.338 e. The number of carbonyl (C=O) groups excluding carboxylic acids is 2. The lowest BCUT2D eigenvalue weighted by Gasteiger charge is -2.32. The second-order valence-electron chi connectivity index (χ2n) is 12.5. The molecule has 1 atom stereocenters. The first-order valence-electron chi connectivity index (χ1n) is 16.8. The second-order valence-corrected chi connectivity index (χ2v) is 12.5. The molecule has 0 radical (unpaired) electrons. The van der Waals surface area contributed by atoms with E-state index in [4.69, 9.17) is 4.74 Å². The first-order valence-corrected chi connectivity index (χ1v) is 16.8. The molecule has 1 aliphatic heterocycles. The lowest BCUT2D eigenvalue weighted by molar-refractivity contribution is -0.497. The van der Waals surface area contributed by atoms with Crippen LogP contribution in [0.2, 0.25) is 0 Å². The molecular weight excluding hydrogens is 574 g/mol. The van der Waals surface area contributed by atoms with Crippen molar-refractivity contribution in [3.8, 4) is 0 Å². The van der Waals surface area contributed by atoms with Crippen LogP contribution in [-0.2, 0) is 9.53 Å². The monoisotopic (exact) mass is 621 g/mol. The largest absolute Gasteiger partial charge is 0.871 e. The van der Waals surface area contributed by atoms with E-state index in [1.807, 2.05) is 84.5 Å². The summed E-state index contributed by atoms with van der Waals surface area (Å²) in [6.07, 6.45) is 14.3. The van der Waals surface area contributed by atoms with Crippen LogP contribution in [0.1, 0.15) is 79.9 Å². The molecule has 2 aliphatic carbocycles. The highest BCUT2D eigenvalue weighted by Crippen LogP contribution is 2.38. The van der Waals surface area contributed by atoms with Crippen molar-refractivity contribution in [1.29, 1.82) is 0 Å². The van der Waals surface area contributed by atoms with E-state index in [9.17, 15) is 14.7 Å². The molecule has 2 aromatic rings. The van der Waals surface area contributed by atoms with Gasteiger partial charge in [-0.3, -0.25) is 9.69 Å². The van der Waals surface area contributed by atoms with Crippen molar-refractivity contribution in [3.05, 3.63) is 106 Å². The van der Waals surface area contributed by atoms with Crippen LogP contribution in [0.4, 0.5) is 5.69 Å². The van der Waals surface area contributed by atoms with Gasteiger partial charge in [0.25, 0.3) is 0 Å². The molecule has 7 nitrogen and oxygen atoms in total. The van der Waals surface area contributed by atoms with Crippen molar-refractivity contribution >= 4 is 28.7 Å². The fraction of sp³-hybridized carbons (Fsp3) is 0.410. The van der Waals surface area contributed by atoms with E-state index in [-0.39, 0.29) is 35.3 Å². The number of ketones is 1. The quantitative estimate of drug-likeness (QED) is 0.158. The topological polar surface area (TPSA) is 75.9 Å². The average Bonchev–Trinajstić information content (AvgIpc) is 3.51. The van der Waals surface area contributed by atoms with E-state index < -0.39 is 0 Å². The van der Waals surface area contributed by atoms with Gasteiger partial charge in [0, 0.05) is 48.1 Å². The Balaban J connectivity index is 1.17. The first kappa shape index (κ1) is 33.1. The normalized spacial score (nSPS) is 18.0. The molecular formula is C39H47N3O4. The van der Waals surface area contributed by atoms with E-state index in [0.29, 0.717) is 29.3 Å². The number of hydrogen-bond donors (Lipinski definition) is 0. The number of benzene rings is 2. The van der Waals surface area contributed by atoms with Crippen LogP contribution < -0.4 is 10.0 Å². The Labute approximate surface area is 273 Å². The molecule has 0 bridgehead atoms. The maximum absolute atomic E-state index is 13.1. The summed E-state index contributed by atoms with van der Waals surface area (Å²) in [5.74, 6) is -0.744. The number of carbonyl (C=O) groups is 2. The molecule has 7 heteroatoms. The minimum Gasteiger partial charge on any atom is -0.871 e. The van der Waals surface area contributed by atoms with Crippen molar-refractivity contribution in [2.45, 2.75) is 58.4 Å². The predicted octanol–water partition coefficient (Wildman–Crippen LogP) is 5.88. The van der Waals surface area contributed by atoms with Crippen LogP contribution in [0.3, 0.4) is 0 Å². The Morgan fingerprint density at radius 3 is 2.17 bits per heavy atom. The number of likely N-dealkylation sites (tertiary alicyclic amines) is 1. The number of likely N-dealkylation sites (N-methyl/N-ethyl adjacent to an activating group) is 1. The molecule has 1 heterocycles. The van der Waals surface area contributed by atoms with Gasteiger partial charge in [0.05, 0.1) is 5.56 Å². The summed E-state index contributed by atoms with van der Waals surface area (Å²) in [6.45, 7) is 8.25. The SMILES string of the molecule is CCCCN(CCCC)c1ccc(C2=C([O-])C(=C3C=CC(=[N+](C)CCOC(=O)c4ccc(C5CCCN5C)cc4)C=C3)C2=O)cc1. The third kappa shape index (κ3) is 7.42. The molecule has 2 aromatic carbocycles. The molecule has 5 rings (SSSR count). The van der Waals surface area contributed by atoms with Gasteiger partial charge in [0.15, 0.2) is 18.0 Å². The Morgan fingerprint density at radius 1 is 0.957 bits per heavy atom. The first-order chi connectivity index (χ1) is 22.3. The van der Waals surface area contributed by atoms with Crippen molar-refractivity contribution in [2.75, 3.05) is 51.8 Å². The Hall–Kier alpha value is -4.23. The zero-order valence-corrected chi connectivity index (χ0v) is 27.8. The average molecular weight is 622 g/mol. The lowest BCUT2D eigenvalue weighted by Crippen LogP contribution is -2.30. The maximum atomic E-state index is 13.1. The summed E-state index contributed by atoms with van der Waals surface area (Å²) in [6, 6.07) is 16.0. The van der Waals surface area contributed by atoms with Crippen LogP contribution >= 0.6 is 0 Å². The van der Waals surface area contributed by atoms with Gasteiger partial charge < -0.3 is 14.7 Å². The number of Topliss-reactive ketones (excluding diaryl/α,β-unsaturated/α-hetero) is 1. The van der Waals surface area contributed by atoms with E-state index in [0.717, 1.165) is 63.1 Å². The highest BCUT2D eigenvalue weighted by Gasteiger charge is 2.30. The third-order valence-corrected chi connectivity index (χ3v) is 9.30. The van der Waals surface area contributed by atoms with Crippen LogP contribution in [0.25, 0.3) is 5.57 Å². The number of esters is 1. The minimum atomic E-state index is -0.333. The zero-order chi connectivity index (χ0) is 32.6. The van der Waals surface area contributed by atoms with Gasteiger partial charge in [-0.05, 0) is 92.4 Å². The van der Waals surface area contributed by atoms with Crippen LogP contribution in [0, 0.1) is 0 Å². The Morgan fingerprint density at radius 2 is 1.61 bits per heavy atom.